The van der Waals surface area contributed by atoms with Crippen LogP contribution >= 0.6 is 0 Å². The van der Waals surface area contributed by atoms with E-state index in [4.69, 9.17) is 0 Å². The number of Topliss-reactive ketones (excluding diaryl/α,β-unsaturated/α-hetero) is 2. The number of piperazine rings is 2. The van der Waals surface area contributed by atoms with Crippen LogP contribution in [0, 0.1) is 0 Å². The third-order valence-corrected chi connectivity index (χ3v) is 8.12. The summed E-state index contributed by atoms with van der Waals surface area (Å²) in [5, 5.41) is 6.94. The van der Waals surface area contributed by atoms with E-state index in [9.17, 15) is 9.59 Å². The number of benzene rings is 2. The van der Waals surface area contributed by atoms with Crippen LogP contribution in [0.3, 0.4) is 0 Å². The minimum Gasteiger partial charge on any atom is -0.313 e. The van der Waals surface area contributed by atoms with E-state index in [1.807, 2.05) is 60.7 Å². The van der Waals surface area contributed by atoms with Crippen LogP contribution in [0.5, 0.6) is 0 Å². The third kappa shape index (κ3) is 7.60. The molecule has 2 atom stereocenters. The molecule has 0 saturated carbocycles. The van der Waals surface area contributed by atoms with Crippen LogP contribution < -0.4 is 10.6 Å². The largest absolute Gasteiger partial charge is 0.313 e. The summed E-state index contributed by atoms with van der Waals surface area (Å²) in [5.74, 6) is 0.340. The lowest BCUT2D eigenvalue weighted by molar-refractivity contribution is -0.0258. The Bertz CT molecular complexity index is 912. The molecule has 6 heteroatoms. The molecule has 0 aliphatic carbocycles. The van der Waals surface area contributed by atoms with Crippen molar-refractivity contribution < 1.29 is 9.59 Å². The second kappa shape index (κ2) is 15.3. The zero-order valence-corrected chi connectivity index (χ0v) is 23.1. The second-order valence-electron chi connectivity index (χ2n) is 10.8. The first-order valence-electron chi connectivity index (χ1n) is 14.8. The van der Waals surface area contributed by atoms with Crippen LogP contribution in [0.15, 0.2) is 60.7 Å². The summed E-state index contributed by atoms with van der Waals surface area (Å²) in [4.78, 5) is 32.3. The summed E-state index contributed by atoms with van der Waals surface area (Å²) in [6, 6.07) is 18.9. The number of hydrogen-bond donors (Lipinski definition) is 2. The van der Waals surface area contributed by atoms with E-state index in [1.165, 1.54) is 38.5 Å². The van der Waals surface area contributed by atoms with E-state index in [-0.39, 0.29) is 29.8 Å². The van der Waals surface area contributed by atoms with Crippen molar-refractivity contribution in [3.05, 3.63) is 71.8 Å². The number of nitrogens with zero attached hydrogens (tertiary/aromatic N) is 2. The molecule has 4 rings (SSSR count). The summed E-state index contributed by atoms with van der Waals surface area (Å²) < 4.78 is 0. The Morgan fingerprint density at radius 2 is 1.16 bits per heavy atom. The molecule has 6 nitrogen and oxygen atoms in total. The highest BCUT2D eigenvalue weighted by atomic mass is 16.1. The molecule has 2 aromatic rings. The molecule has 2 aliphatic rings. The average Bonchev–Trinajstić information content (AvgIpc) is 2.99. The maximum Gasteiger partial charge on any atom is 0.181 e. The first-order valence-corrected chi connectivity index (χ1v) is 14.8. The summed E-state index contributed by atoms with van der Waals surface area (Å²) >= 11 is 0. The normalized spacial score (nSPS) is 21.7. The fraction of sp³-hybridized carbons (Fsp3) is 0.562. The Hall–Kier alpha value is -2.38. The van der Waals surface area contributed by atoms with Gasteiger partial charge in [0.1, 0.15) is 0 Å². The molecule has 0 spiro atoms. The third-order valence-electron chi connectivity index (χ3n) is 8.12. The van der Waals surface area contributed by atoms with Crippen LogP contribution in [-0.4, -0.2) is 78.9 Å². The Balaban J connectivity index is 1.56. The Morgan fingerprint density at radius 3 is 1.63 bits per heavy atom. The zero-order valence-electron chi connectivity index (χ0n) is 23.1. The Kier molecular flexibility index (Phi) is 11.5. The number of ketones is 2. The van der Waals surface area contributed by atoms with Gasteiger partial charge in [-0.15, -0.1) is 0 Å². The number of unbranched alkanes of at least 4 members (excludes halogenated alkanes) is 6. The van der Waals surface area contributed by atoms with Crippen molar-refractivity contribution in [3.8, 4) is 0 Å². The SMILES string of the molecule is CCCCCCCCCC(N1CCNCC1C(=O)c1ccccc1)N1CCNCC1C(=O)c1ccccc1. The van der Waals surface area contributed by atoms with Crippen molar-refractivity contribution in [2.75, 3.05) is 39.3 Å². The van der Waals surface area contributed by atoms with Gasteiger partial charge in [-0.1, -0.05) is 113 Å². The monoisotopic (exact) mass is 518 g/mol. The molecule has 2 aromatic carbocycles. The Labute approximate surface area is 229 Å². The summed E-state index contributed by atoms with van der Waals surface area (Å²) in [6.45, 7) is 6.87. The molecule has 0 amide bonds. The Morgan fingerprint density at radius 1 is 0.711 bits per heavy atom. The minimum absolute atomic E-state index is 0.0603. The van der Waals surface area contributed by atoms with E-state index >= 15 is 0 Å². The first kappa shape index (κ1) is 28.6. The topological polar surface area (TPSA) is 64.7 Å². The molecular formula is C32H46N4O2. The number of hydrogen-bond acceptors (Lipinski definition) is 6. The standard InChI is InChI=1S/C32H46N4O2/c1-2-3-4-5-6-7-14-19-30(35-22-20-33-24-28(35)31(37)26-15-10-8-11-16-26)36-23-21-34-25-29(36)32(38)27-17-12-9-13-18-27/h8-13,15-18,28-30,33-34H,2-7,14,19-25H2,1H3. The second-order valence-corrected chi connectivity index (χ2v) is 10.8. The van der Waals surface area contributed by atoms with Gasteiger partial charge in [-0.05, 0) is 6.42 Å². The van der Waals surface area contributed by atoms with Gasteiger partial charge < -0.3 is 10.6 Å². The highest BCUT2D eigenvalue weighted by Gasteiger charge is 2.41. The minimum atomic E-state index is -0.233. The molecule has 2 aliphatic heterocycles. The van der Waals surface area contributed by atoms with Gasteiger partial charge in [-0.25, -0.2) is 0 Å². The van der Waals surface area contributed by atoms with E-state index in [0.717, 1.165) is 50.1 Å². The van der Waals surface area contributed by atoms with Gasteiger partial charge >= 0.3 is 0 Å². The molecule has 0 radical (unpaired) electrons. The smallest absolute Gasteiger partial charge is 0.181 e. The van der Waals surface area contributed by atoms with Gasteiger partial charge in [0.15, 0.2) is 11.6 Å². The highest BCUT2D eigenvalue weighted by Crippen LogP contribution is 2.25. The molecule has 0 aromatic heterocycles. The summed E-state index contributed by atoms with van der Waals surface area (Å²) in [7, 11) is 0. The molecule has 2 heterocycles. The lowest BCUT2D eigenvalue weighted by atomic mass is 9.96. The lowest BCUT2D eigenvalue weighted by Gasteiger charge is -2.49. The van der Waals surface area contributed by atoms with E-state index in [0.29, 0.717) is 13.1 Å². The fourth-order valence-corrected chi connectivity index (χ4v) is 6.04. The summed E-state index contributed by atoms with van der Waals surface area (Å²) in [5.41, 5.74) is 1.52. The molecule has 0 bridgehead atoms. The van der Waals surface area contributed by atoms with Gasteiger partial charge in [0, 0.05) is 50.4 Å². The van der Waals surface area contributed by atoms with Gasteiger partial charge in [0.25, 0.3) is 0 Å². The highest BCUT2D eigenvalue weighted by molar-refractivity contribution is 6.01. The predicted molar refractivity (Wildman–Crippen MR) is 155 cm³/mol. The zero-order chi connectivity index (χ0) is 26.6. The van der Waals surface area contributed by atoms with E-state index < -0.39 is 0 Å². The molecule has 38 heavy (non-hydrogen) atoms. The van der Waals surface area contributed by atoms with Crippen molar-refractivity contribution in [2.24, 2.45) is 0 Å². The predicted octanol–water partition coefficient (Wildman–Crippen LogP) is 4.77. The lowest BCUT2D eigenvalue weighted by Crippen LogP contribution is -2.67. The van der Waals surface area contributed by atoms with Crippen LogP contribution in [-0.2, 0) is 0 Å². The molecular weight excluding hydrogens is 472 g/mol. The number of nitrogens with one attached hydrogen (secondary N) is 2. The van der Waals surface area contributed by atoms with Gasteiger partial charge in [-0.3, -0.25) is 19.4 Å². The molecule has 206 valence electrons. The molecule has 2 unspecified atom stereocenters. The van der Waals surface area contributed by atoms with Crippen LogP contribution in [0.4, 0.5) is 0 Å². The first-order chi connectivity index (χ1) is 18.7. The quantitative estimate of drug-likeness (QED) is 0.278. The average molecular weight is 519 g/mol. The summed E-state index contributed by atoms with van der Waals surface area (Å²) in [6.07, 6.45) is 9.81. The van der Waals surface area contributed by atoms with Crippen molar-refractivity contribution >= 4 is 11.6 Å². The molecule has 2 N–H and O–H groups in total. The molecule has 2 saturated heterocycles. The van der Waals surface area contributed by atoms with Gasteiger partial charge in [0.2, 0.25) is 0 Å². The fourth-order valence-electron chi connectivity index (χ4n) is 6.04. The van der Waals surface area contributed by atoms with E-state index in [1.54, 1.807) is 0 Å². The van der Waals surface area contributed by atoms with Gasteiger partial charge in [-0.2, -0.15) is 0 Å². The maximum atomic E-state index is 13.7. The van der Waals surface area contributed by atoms with Crippen molar-refractivity contribution in [3.63, 3.8) is 0 Å². The molecule has 2 fully saturated rings. The van der Waals surface area contributed by atoms with Crippen LogP contribution in [0.2, 0.25) is 0 Å². The van der Waals surface area contributed by atoms with Crippen LogP contribution in [0.25, 0.3) is 0 Å². The van der Waals surface area contributed by atoms with Crippen molar-refractivity contribution in [1.82, 2.24) is 20.4 Å². The van der Waals surface area contributed by atoms with Crippen molar-refractivity contribution in [2.45, 2.75) is 76.5 Å². The van der Waals surface area contributed by atoms with Crippen LogP contribution in [0.1, 0.15) is 79.0 Å². The maximum absolute atomic E-state index is 13.7. The van der Waals surface area contributed by atoms with Gasteiger partial charge in [0.05, 0.1) is 18.2 Å². The number of carbonyl (C=O) groups is 2. The van der Waals surface area contributed by atoms with E-state index in [2.05, 4.69) is 27.4 Å². The number of rotatable bonds is 14. The number of carbonyl (C=O) groups excluding carboxylic acids is 2. The van der Waals surface area contributed by atoms with Crippen molar-refractivity contribution in [1.29, 1.82) is 0 Å².